The van der Waals surface area contributed by atoms with Crippen LogP contribution in [-0.2, 0) is 5.67 Å². The van der Waals surface area contributed by atoms with E-state index in [1.54, 1.807) is 6.07 Å². The molecule has 2 aromatic carbocycles. The standard InChI is InChI=1S/C27H31BFN3O/c1-16-9-14-21(25(28)17(16)2)26(33)31-19-12-10-18(11-13-19)30-23-15-24(27(3,4)29)32-22-8-6-5-7-20(22)23/h5-9,14-15,18-19H,10-13H2,1-4H3,(H,30,32)(H,31,33). The van der Waals surface area contributed by atoms with E-state index < -0.39 is 5.67 Å². The molecule has 0 bridgehead atoms. The number of aryl methyl sites for hydroxylation is 1. The average Bonchev–Trinajstić information content (AvgIpc) is 2.78. The molecule has 0 spiro atoms. The molecular formula is C27H31BFN3O. The largest absolute Gasteiger partial charge is 0.382 e. The number of fused-ring (bicyclic) bond motifs is 1. The fourth-order valence-corrected chi connectivity index (χ4v) is 4.50. The van der Waals surface area contributed by atoms with Crippen molar-refractivity contribution in [3.05, 3.63) is 64.8 Å². The quantitative estimate of drug-likeness (QED) is 0.546. The highest BCUT2D eigenvalue weighted by atomic mass is 19.1. The van der Waals surface area contributed by atoms with Crippen molar-refractivity contribution in [3.63, 3.8) is 0 Å². The Labute approximate surface area is 196 Å². The smallest absolute Gasteiger partial charge is 0.250 e. The number of halogens is 1. The Morgan fingerprint density at radius 1 is 1.06 bits per heavy atom. The fourth-order valence-electron chi connectivity index (χ4n) is 4.50. The number of carbonyl (C=O) groups excluding carboxylic acids is 1. The number of hydrogen-bond acceptors (Lipinski definition) is 3. The number of nitrogens with one attached hydrogen (secondary N) is 2. The van der Waals surface area contributed by atoms with Gasteiger partial charge in [-0.2, -0.15) is 0 Å². The normalized spacial score (nSPS) is 18.8. The van der Waals surface area contributed by atoms with Crippen LogP contribution in [0.2, 0.25) is 0 Å². The molecule has 6 heteroatoms. The van der Waals surface area contributed by atoms with Gasteiger partial charge in [-0.25, -0.2) is 9.37 Å². The molecule has 1 heterocycles. The van der Waals surface area contributed by atoms with Crippen LogP contribution in [0.4, 0.5) is 10.1 Å². The molecule has 2 N–H and O–H groups in total. The number of aromatic nitrogens is 1. The predicted molar refractivity (Wildman–Crippen MR) is 134 cm³/mol. The molecule has 0 saturated heterocycles. The van der Waals surface area contributed by atoms with E-state index in [0.717, 1.165) is 53.4 Å². The van der Waals surface area contributed by atoms with Gasteiger partial charge in [-0.15, -0.1) is 0 Å². The zero-order valence-corrected chi connectivity index (χ0v) is 19.8. The van der Waals surface area contributed by atoms with Gasteiger partial charge in [0.1, 0.15) is 13.5 Å². The number of rotatable bonds is 5. The van der Waals surface area contributed by atoms with Gasteiger partial charge >= 0.3 is 0 Å². The number of amides is 1. The second-order valence-corrected chi connectivity index (χ2v) is 9.68. The van der Waals surface area contributed by atoms with Gasteiger partial charge in [-0.1, -0.05) is 35.3 Å². The van der Waals surface area contributed by atoms with Crippen molar-refractivity contribution in [1.29, 1.82) is 0 Å². The number of alkyl halides is 1. The van der Waals surface area contributed by atoms with Crippen LogP contribution in [0.1, 0.15) is 66.7 Å². The van der Waals surface area contributed by atoms with E-state index >= 15 is 0 Å². The zero-order valence-electron chi connectivity index (χ0n) is 19.8. The third-order valence-corrected chi connectivity index (χ3v) is 6.78. The topological polar surface area (TPSA) is 54.0 Å². The van der Waals surface area contributed by atoms with Crippen LogP contribution < -0.4 is 16.1 Å². The predicted octanol–water partition coefficient (Wildman–Crippen LogP) is 5.00. The number of para-hydroxylation sites is 1. The third-order valence-electron chi connectivity index (χ3n) is 6.78. The van der Waals surface area contributed by atoms with Crippen molar-refractivity contribution in [1.82, 2.24) is 10.3 Å². The molecule has 1 aliphatic carbocycles. The minimum absolute atomic E-state index is 0.109. The summed E-state index contributed by atoms with van der Waals surface area (Å²) in [6.07, 6.45) is 3.58. The second kappa shape index (κ2) is 9.16. The van der Waals surface area contributed by atoms with Gasteiger partial charge in [0.05, 0.1) is 11.2 Å². The van der Waals surface area contributed by atoms with Gasteiger partial charge in [0.25, 0.3) is 5.91 Å². The Bertz CT molecular complexity index is 1180. The molecule has 0 atom stereocenters. The lowest BCUT2D eigenvalue weighted by Crippen LogP contribution is -2.41. The van der Waals surface area contributed by atoms with E-state index in [2.05, 4.69) is 15.6 Å². The minimum Gasteiger partial charge on any atom is -0.382 e. The molecule has 0 unspecified atom stereocenters. The fraction of sp³-hybridized carbons (Fsp3) is 0.407. The number of benzene rings is 2. The summed E-state index contributed by atoms with van der Waals surface area (Å²) in [6, 6.07) is 13.8. The van der Waals surface area contributed by atoms with Crippen LogP contribution in [0, 0.1) is 13.8 Å². The minimum atomic E-state index is -1.52. The van der Waals surface area contributed by atoms with Crippen LogP contribution >= 0.6 is 0 Å². The maximum atomic E-state index is 14.7. The Kier molecular flexibility index (Phi) is 6.46. The summed E-state index contributed by atoms with van der Waals surface area (Å²) in [5.74, 6) is -0.109. The monoisotopic (exact) mass is 443 g/mol. The lowest BCUT2D eigenvalue weighted by atomic mass is 9.83. The summed E-state index contributed by atoms with van der Waals surface area (Å²) in [5, 5.41) is 7.78. The van der Waals surface area contributed by atoms with Crippen LogP contribution in [0.25, 0.3) is 10.9 Å². The molecule has 2 radical (unpaired) electrons. The maximum absolute atomic E-state index is 14.7. The lowest BCUT2D eigenvalue weighted by molar-refractivity contribution is 0.0927. The number of nitrogens with zero attached hydrogens (tertiary/aromatic N) is 1. The molecule has 0 aliphatic heterocycles. The summed E-state index contributed by atoms with van der Waals surface area (Å²) in [4.78, 5) is 17.3. The Balaban J connectivity index is 1.42. The van der Waals surface area contributed by atoms with Gasteiger partial charge in [0.15, 0.2) is 0 Å². The van der Waals surface area contributed by atoms with Crippen LogP contribution in [-0.4, -0.2) is 30.8 Å². The van der Waals surface area contributed by atoms with Crippen molar-refractivity contribution >= 4 is 35.8 Å². The number of hydrogen-bond donors (Lipinski definition) is 2. The van der Waals surface area contributed by atoms with Crippen LogP contribution in [0.5, 0.6) is 0 Å². The highest BCUT2D eigenvalue weighted by Gasteiger charge is 2.26. The van der Waals surface area contributed by atoms with E-state index in [1.165, 1.54) is 13.8 Å². The SMILES string of the molecule is [B]c1c(C(=O)NC2CCC(Nc3cc(C(C)(C)F)nc4ccccc34)CC2)ccc(C)c1C. The van der Waals surface area contributed by atoms with Crippen molar-refractivity contribution < 1.29 is 9.18 Å². The summed E-state index contributed by atoms with van der Waals surface area (Å²) >= 11 is 0. The van der Waals surface area contributed by atoms with Gasteiger partial charge in [-0.05, 0) is 77.1 Å². The van der Waals surface area contributed by atoms with Crippen molar-refractivity contribution in [2.24, 2.45) is 0 Å². The number of carbonyl (C=O) groups is 1. The molecule has 1 fully saturated rings. The first-order valence-corrected chi connectivity index (χ1v) is 11.7. The van der Waals surface area contributed by atoms with Crippen molar-refractivity contribution in [3.8, 4) is 0 Å². The van der Waals surface area contributed by atoms with E-state index in [1.807, 2.05) is 50.2 Å². The molecule has 4 nitrogen and oxygen atoms in total. The number of anilines is 1. The first-order chi connectivity index (χ1) is 15.6. The lowest BCUT2D eigenvalue weighted by Gasteiger charge is -2.31. The average molecular weight is 443 g/mol. The summed E-state index contributed by atoms with van der Waals surface area (Å²) in [5.41, 5.74) is 3.75. The van der Waals surface area contributed by atoms with E-state index in [-0.39, 0.29) is 18.0 Å². The molecule has 3 aromatic rings. The van der Waals surface area contributed by atoms with Gasteiger partial charge in [-0.3, -0.25) is 4.79 Å². The summed E-state index contributed by atoms with van der Waals surface area (Å²) < 4.78 is 14.7. The first kappa shape index (κ1) is 23.3. The van der Waals surface area contributed by atoms with Gasteiger partial charge in [0, 0.05) is 28.7 Å². The zero-order chi connectivity index (χ0) is 23.8. The Morgan fingerprint density at radius 3 is 2.42 bits per heavy atom. The third kappa shape index (κ3) is 5.05. The second-order valence-electron chi connectivity index (χ2n) is 9.68. The van der Waals surface area contributed by atoms with Crippen molar-refractivity contribution in [2.45, 2.75) is 71.1 Å². The van der Waals surface area contributed by atoms with Gasteiger partial charge < -0.3 is 10.6 Å². The molecule has 170 valence electrons. The highest BCUT2D eigenvalue weighted by molar-refractivity contribution is 6.37. The molecular weight excluding hydrogens is 412 g/mol. The van der Waals surface area contributed by atoms with Crippen LogP contribution in [0.15, 0.2) is 42.5 Å². The van der Waals surface area contributed by atoms with E-state index in [9.17, 15) is 9.18 Å². The Hall–Kier alpha value is -2.89. The van der Waals surface area contributed by atoms with Crippen LogP contribution in [0.3, 0.4) is 0 Å². The highest BCUT2D eigenvalue weighted by Crippen LogP contribution is 2.32. The summed E-state index contributed by atoms with van der Waals surface area (Å²) in [7, 11) is 6.18. The number of pyridine rings is 1. The Morgan fingerprint density at radius 2 is 1.73 bits per heavy atom. The molecule has 1 aliphatic rings. The molecule has 1 aromatic heterocycles. The van der Waals surface area contributed by atoms with E-state index in [0.29, 0.717) is 16.7 Å². The van der Waals surface area contributed by atoms with Crippen molar-refractivity contribution in [2.75, 3.05) is 5.32 Å². The maximum Gasteiger partial charge on any atom is 0.250 e. The molecule has 4 rings (SSSR count). The first-order valence-electron chi connectivity index (χ1n) is 11.7. The van der Waals surface area contributed by atoms with E-state index in [4.69, 9.17) is 7.85 Å². The molecule has 33 heavy (non-hydrogen) atoms. The molecule has 1 saturated carbocycles. The molecule has 1 amide bonds. The summed E-state index contributed by atoms with van der Waals surface area (Å²) in [6.45, 7) is 7.00. The van der Waals surface area contributed by atoms with Gasteiger partial charge in [0.2, 0.25) is 0 Å².